The molecule has 0 radical (unpaired) electrons. The third-order valence-electron chi connectivity index (χ3n) is 6.05. The van der Waals surface area contributed by atoms with Crippen LogP contribution < -0.4 is 5.32 Å². The van der Waals surface area contributed by atoms with Crippen molar-refractivity contribution in [2.24, 2.45) is 5.92 Å². The summed E-state index contributed by atoms with van der Waals surface area (Å²) in [5.41, 5.74) is 0.854. The minimum Gasteiger partial charge on any atom is -0.355 e. The van der Waals surface area contributed by atoms with Crippen molar-refractivity contribution in [2.75, 3.05) is 13.1 Å². The average molecular weight is 416 g/mol. The first-order chi connectivity index (χ1) is 14.3. The fourth-order valence-electron chi connectivity index (χ4n) is 4.08. The predicted molar refractivity (Wildman–Crippen MR) is 105 cm³/mol. The van der Waals surface area contributed by atoms with Crippen LogP contribution >= 0.6 is 0 Å². The van der Waals surface area contributed by atoms with E-state index in [2.05, 4.69) is 17.4 Å². The van der Waals surface area contributed by atoms with E-state index in [1.54, 1.807) is 6.07 Å². The number of nitrogens with zero attached hydrogens (tertiary/aromatic N) is 1. The van der Waals surface area contributed by atoms with Crippen molar-refractivity contribution >= 4 is 11.8 Å². The van der Waals surface area contributed by atoms with Crippen LogP contribution in [-0.2, 0) is 27.7 Å². The molecule has 2 aromatic rings. The van der Waals surface area contributed by atoms with Gasteiger partial charge >= 0.3 is 6.18 Å². The lowest BCUT2D eigenvalue weighted by atomic mass is 9.95. The van der Waals surface area contributed by atoms with Gasteiger partial charge in [-0.05, 0) is 36.1 Å². The second-order valence-electron chi connectivity index (χ2n) is 8.24. The molecule has 0 spiro atoms. The molecule has 2 aromatic carbocycles. The molecule has 0 bridgehead atoms. The molecule has 1 heterocycles. The molecular weight excluding hydrogens is 393 g/mol. The third kappa shape index (κ3) is 4.35. The van der Waals surface area contributed by atoms with Crippen molar-refractivity contribution in [3.63, 3.8) is 0 Å². The van der Waals surface area contributed by atoms with E-state index in [9.17, 15) is 22.8 Å². The largest absolute Gasteiger partial charge is 0.416 e. The zero-order chi connectivity index (χ0) is 21.4. The highest BCUT2D eigenvalue weighted by Gasteiger charge is 2.45. The summed E-state index contributed by atoms with van der Waals surface area (Å²) in [5, 5.41) is 2.99. The summed E-state index contributed by atoms with van der Waals surface area (Å²) >= 11 is 0. The standard InChI is InChI=1S/C23H23F3N2O2/c24-23(25,26)19-8-4-5-16(11-19)13-28-14-17(12-20(28)29)21(30)27-15-22(9-10-22)18-6-2-1-3-7-18/h1-8,11,17H,9-10,12-15H2,(H,27,30). The van der Waals surface area contributed by atoms with E-state index in [0.717, 1.165) is 25.0 Å². The summed E-state index contributed by atoms with van der Waals surface area (Å²) in [5.74, 6) is -0.858. The number of carbonyl (C=O) groups is 2. The smallest absolute Gasteiger partial charge is 0.355 e. The Hall–Kier alpha value is -2.83. The summed E-state index contributed by atoms with van der Waals surface area (Å²) in [6, 6.07) is 15.0. The van der Waals surface area contributed by atoms with Crippen LogP contribution in [0, 0.1) is 5.92 Å². The summed E-state index contributed by atoms with van der Waals surface area (Å²) in [6.07, 6.45) is -2.31. The molecule has 30 heavy (non-hydrogen) atoms. The van der Waals surface area contributed by atoms with Gasteiger partial charge in [0.2, 0.25) is 11.8 Å². The van der Waals surface area contributed by atoms with Gasteiger partial charge in [0.1, 0.15) is 0 Å². The molecule has 7 heteroatoms. The SMILES string of the molecule is O=C(NCC1(c2ccccc2)CC1)C1CC(=O)N(Cc2cccc(C(F)(F)F)c2)C1. The molecule has 1 saturated heterocycles. The van der Waals surface area contributed by atoms with Crippen LogP contribution in [0.25, 0.3) is 0 Å². The fourth-order valence-corrected chi connectivity index (χ4v) is 4.08. The van der Waals surface area contributed by atoms with Gasteiger partial charge in [-0.25, -0.2) is 0 Å². The Morgan fingerprint density at radius 3 is 2.50 bits per heavy atom. The van der Waals surface area contributed by atoms with E-state index >= 15 is 0 Å². The number of amides is 2. The van der Waals surface area contributed by atoms with Crippen molar-refractivity contribution in [2.45, 2.75) is 37.4 Å². The number of halogens is 3. The first-order valence-corrected chi connectivity index (χ1v) is 10.0. The van der Waals surface area contributed by atoms with Crippen molar-refractivity contribution < 1.29 is 22.8 Å². The number of alkyl halides is 3. The van der Waals surface area contributed by atoms with Crippen LogP contribution in [0.3, 0.4) is 0 Å². The Labute approximate surface area is 173 Å². The average Bonchev–Trinajstić information content (AvgIpc) is 3.44. The molecule has 1 N–H and O–H groups in total. The van der Waals surface area contributed by atoms with Crippen LogP contribution in [0.15, 0.2) is 54.6 Å². The van der Waals surface area contributed by atoms with E-state index in [1.807, 2.05) is 18.2 Å². The monoisotopic (exact) mass is 416 g/mol. The molecule has 1 atom stereocenters. The first kappa shape index (κ1) is 20.4. The predicted octanol–water partition coefficient (Wildman–Crippen LogP) is 3.90. The maximum absolute atomic E-state index is 12.9. The normalized spacial score (nSPS) is 20.3. The van der Waals surface area contributed by atoms with Gasteiger partial charge in [-0.2, -0.15) is 13.2 Å². The lowest BCUT2D eigenvalue weighted by molar-refractivity contribution is -0.137. The van der Waals surface area contributed by atoms with Gasteiger partial charge < -0.3 is 10.2 Å². The maximum Gasteiger partial charge on any atom is 0.416 e. The van der Waals surface area contributed by atoms with Gasteiger partial charge in [-0.1, -0.05) is 42.5 Å². The van der Waals surface area contributed by atoms with Crippen molar-refractivity contribution in [3.05, 3.63) is 71.3 Å². The Bertz CT molecular complexity index is 939. The lowest BCUT2D eigenvalue weighted by Crippen LogP contribution is -2.37. The van der Waals surface area contributed by atoms with E-state index in [0.29, 0.717) is 12.1 Å². The number of rotatable bonds is 6. The Balaban J connectivity index is 1.34. The van der Waals surface area contributed by atoms with Gasteiger partial charge in [-0.3, -0.25) is 9.59 Å². The van der Waals surface area contributed by atoms with E-state index in [1.165, 1.54) is 16.5 Å². The fraction of sp³-hybridized carbons (Fsp3) is 0.391. The molecule has 2 fully saturated rings. The number of likely N-dealkylation sites (tertiary alicyclic amines) is 1. The zero-order valence-corrected chi connectivity index (χ0v) is 16.4. The molecule has 2 amide bonds. The van der Waals surface area contributed by atoms with Crippen LogP contribution in [0.1, 0.15) is 36.0 Å². The lowest BCUT2D eigenvalue weighted by Gasteiger charge is -2.19. The van der Waals surface area contributed by atoms with Gasteiger partial charge in [0.05, 0.1) is 11.5 Å². The van der Waals surface area contributed by atoms with Crippen molar-refractivity contribution in [3.8, 4) is 0 Å². The van der Waals surface area contributed by atoms with Crippen LogP contribution in [0.2, 0.25) is 0 Å². The van der Waals surface area contributed by atoms with E-state index < -0.39 is 17.7 Å². The van der Waals surface area contributed by atoms with Gasteiger partial charge in [0.15, 0.2) is 0 Å². The summed E-state index contributed by atoms with van der Waals surface area (Å²) in [6.45, 7) is 0.827. The highest BCUT2D eigenvalue weighted by molar-refractivity contribution is 5.89. The molecule has 1 saturated carbocycles. The van der Waals surface area contributed by atoms with Crippen LogP contribution in [0.4, 0.5) is 13.2 Å². The number of nitrogens with one attached hydrogen (secondary N) is 1. The number of hydrogen-bond donors (Lipinski definition) is 1. The maximum atomic E-state index is 12.9. The van der Waals surface area contributed by atoms with E-state index in [-0.39, 0.29) is 36.7 Å². The van der Waals surface area contributed by atoms with Gasteiger partial charge in [0, 0.05) is 31.5 Å². The minimum atomic E-state index is -4.43. The summed E-state index contributed by atoms with van der Waals surface area (Å²) in [7, 11) is 0. The molecule has 0 aromatic heterocycles. The highest BCUT2D eigenvalue weighted by atomic mass is 19.4. The van der Waals surface area contributed by atoms with Gasteiger partial charge in [0.25, 0.3) is 0 Å². The second kappa shape index (κ2) is 7.78. The quantitative estimate of drug-likeness (QED) is 0.777. The van der Waals surface area contributed by atoms with Crippen LogP contribution in [0.5, 0.6) is 0 Å². The molecule has 4 nitrogen and oxygen atoms in total. The molecule has 2 aliphatic rings. The Kier molecular flexibility index (Phi) is 5.30. The molecule has 4 rings (SSSR count). The van der Waals surface area contributed by atoms with Crippen LogP contribution in [-0.4, -0.2) is 29.8 Å². The molecule has 1 aliphatic heterocycles. The molecule has 158 valence electrons. The van der Waals surface area contributed by atoms with Crippen molar-refractivity contribution in [1.29, 1.82) is 0 Å². The first-order valence-electron chi connectivity index (χ1n) is 10.0. The Morgan fingerprint density at radius 1 is 1.10 bits per heavy atom. The summed E-state index contributed by atoms with van der Waals surface area (Å²) < 4.78 is 38.7. The van der Waals surface area contributed by atoms with E-state index in [4.69, 9.17) is 0 Å². The number of hydrogen-bond acceptors (Lipinski definition) is 2. The zero-order valence-electron chi connectivity index (χ0n) is 16.4. The summed E-state index contributed by atoms with van der Waals surface area (Å²) in [4.78, 5) is 26.4. The minimum absolute atomic E-state index is 0.0166. The van der Waals surface area contributed by atoms with Gasteiger partial charge in [-0.15, -0.1) is 0 Å². The second-order valence-corrected chi connectivity index (χ2v) is 8.24. The van der Waals surface area contributed by atoms with Crippen molar-refractivity contribution in [1.82, 2.24) is 10.2 Å². The number of carbonyl (C=O) groups excluding carboxylic acids is 2. The Morgan fingerprint density at radius 2 is 1.83 bits per heavy atom. The molecule has 1 unspecified atom stereocenters. The molecule has 1 aliphatic carbocycles. The number of benzene rings is 2. The topological polar surface area (TPSA) is 49.4 Å². The third-order valence-corrected chi connectivity index (χ3v) is 6.05. The molecular formula is C23H23F3N2O2. The highest BCUT2D eigenvalue weighted by Crippen LogP contribution is 2.47.